The highest BCUT2D eigenvalue weighted by Gasteiger charge is 2.51. The van der Waals surface area contributed by atoms with Crippen molar-refractivity contribution in [2.45, 2.75) is 47.0 Å². The van der Waals surface area contributed by atoms with E-state index in [4.69, 9.17) is 4.74 Å². The van der Waals surface area contributed by atoms with E-state index in [0.29, 0.717) is 17.8 Å². The number of carbonyl (C=O) groups is 2. The Balaban J connectivity index is 1.26. The van der Waals surface area contributed by atoms with E-state index in [2.05, 4.69) is 29.7 Å². The predicted octanol–water partition coefficient (Wildman–Crippen LogP) is 3.86. The fourth-order valence-corrected chi connectivity index (χ4v) is 6.02. The Morgan fingerprint density at radius 1 is 1.11 bits per heavy atom. The molecule has 5 rings (SSSR count). The summed E-state index contributed by atoms with van der Waals surface area (Å²) in [6.45, 7) is 14.4. The van der Waals surface area contributed by atoms with Crippen LogP contribution in [0.4, 0.5) is 0 Å². The molecule has 35 heavy (non-hydrogen) atoms. The maximum atomic E-state index is 13.0. The van der Waals surface area contributed by atoms with Crippen LogP contribution in [0.5, 0.6) is 5.75 Å². The quantitative estimate of drug-likeness (QED) is 0.503. The molecular weight excluding hydrogens is 438 g/mol. The second-order valence-corrected chi connectivity index (χ2v) is 11.5. The van der Waals surface area contributed by atoms with Gasteiger partial charge in [0.05, 0.1) is 13.5 Å². The van der Waals surface area contributed by atoms with Gasteiger partial charge in [-0.2, -0.15) is 0 Å². The Hall–Kier alpha value is -2.34. The van der Waals surface area contributed by atoms with Gasteiger partial charge in [0, 0.05) is 51.7 Å². The van der Waals surface area contributed by atoms with Gasteiger partial charge in [0.15, 0.2) is 0 Å². The summed E-state index contributed by atoms with van der Waals surface area (Å²) in [6.07, 6.45) is 5.29. The van der Waals surface area contributed by atoms with Gasteiger partial charge < -0.3 is 14.5 Å². The molecule has 6 heteroatoms. The van der Waals surface area contributed by atoms with E-state index in [1.54, 1.807) is 7.11 Å². The lowest BCUT2D eigenvalue weighted by Crippen LogP contribution is -2.52. The fourth-order valence-electron chi connectivity index (χ4n) is 6.02. The van der Waals surface area contributed by atoms with E-state index in [-0.39, 0.29) is 17.7 Å². The zero-order valence-corrected chi connectivity index (χ0v) is 22.3. The van der Waals surface area contributed by atoms with Crippen LogP contribution < -0.4 is 4.74 Å². The van der Waals surface area contributed by atoms with Crippen molar-refractivity contribution in [1.82, 2.24) is 14.7 Å². The summed E-state index contributed by atoms with van der Waals surface area (Å²) in [7, 11) is 1.65. The maximum Gasteiger partial charge on any atom is 0.227 e. The number of carbonyl (C=O) groups excluding carboxylic acids is 2. The van der Waals surface area contributed by atoms with Crippen LogP contribution in [0.3, 0.4) is 0 Å². The fraction of sp³-hybridized carbons (Fsp3) is 0.655. The molecule has 0 aromatic heterocycles. The van der Waals surface area contributed by atoms with Crippen LogP contribution >= 0.6 is 0 Å². The van der Waals surface area contributed by atoms with Gasteiger partial charge in [-0.1, -0.05) is 51.5 Å². The average Bonchev–Trinajstić information content (AvgIpc) is 2.86. The zero-order chi connectivity index (χ0) is 25.2. The van der Waals surface area contributed by atoms with E-state index < -0.39 is 0 Å². The zero-order valence-electron chi connectivity index (χ0n) is 22.3. The second kappa shape index (κ2) is 10.7. The number of ether oxygens (including phenoxy) is 1. The van der Waals surface area contributed by atoms with Crippen molar-refractivity contribution < 1.29 is 14.3 Å². The minimum atomic E-state index is 0.00811. The first-order valence-electron chi connectivity index (χ1n) is 13.3. The molecule has 192 valence electrons. The Labute approximate surface area is 211 Å². The summed E-state index contributed by atoms with van der Waals surface area (Å²) in [4.78, 5) is 32.3. The molecule has 2 atom stereocenters. The number of fused-ring (bicyclic) bond motifs is 1. The number of rotatable bonds is 9. The van der Waals surface area contributed by atoms with E-state index in [9.17, 15) is 9.59 Å². The molecule has 1 saturated heterocycles. The number of piperazine rings is 1. The highest BCUT2D eigenvalue weighted by molar-refractivity contribution is 5.79. The Kier molecular flexibility index (Phi) is 7.89. The molecule has 1 saturated carbocycles. The van der Waals surface area contributed by atoms with Crippen LogP contribution in [0.2, 0.25) is 0 Å². The summed E-state index contributed by atoms with van der Waals surface area (Å²) >= 11 is 0. The van der Waals surface area contributed by atoms with Crippen molar-refractivity contribution in [3.63, 3.8) is 0 Å². The normalized spacial score (nSPS) is 23.5. The van der Waals surface area contributed by atoms with Gasteiger partial charge in [-0.05, 0) is 47.8 Å². The maximum absolute atomic E-state index is 13.0. The molecule has 1 aromatic carbocycles. The minimum Gasteiger partial charge on any atom is -0.497 e. The molecule has 3 aliphatic carbocycles. The summed E-state index contributed by atoms with van der Waals surface area (Å²) in [6, 6.07) is 7.72. The van der Waals surface area contributed by atoms with Crippen LogP contribution in [0.1, 0.15) is 46.1 Å². The van der Waals surface area contributed by atoms with E-state index >= 15 is 0 Å². The number of hydrogen-bond acceptors (Lipinski definition) is 4. The summed E-state index contributed by atoms with van der Waals surface area (Å²) in [5.74, 6) is 2.68. The van der Waals surface area contributed by atoms with Crippen molar-refractivity contribution in [1.29, 1.82) is 0 Å². The topological polar surface area (TPSA) is 53.1 Å². The lowest BCUT2D eigenvalue weighted by atomic mass is 9.49. The number of methoxy groups -OCH3 is 1. The van der Waals surface area contributed by atoms with E-state index in [1.165, 1.54) is 12.0 Å². The molecular formula is C29H43N3O3. The van der Waals surface area contributed by atoms with Gasteiger partial charge in [0.1, 0.15) is 5.75 Å². The van der Waals surface area contributed by atoms with Gasteiger partial charge in [0.25, 0.3) is 0 Å². The average molecular weight is 482 g/mol. The van der Waals surface area contributed by atoms with Crippen molar-refractivity contribution in [2.75, 3.05) is 52.9 Å². The molecule has 0 N–H and O–H groups in total. The standard InChI is InChI=1S/C29H43N3O3/c1-21(2)28(34)32(20-23-8-9-24-19-26(23)29(24,3)4)17-14-30-12-15-31(16-13-30)27(33)18-22-6-10-25(35-5)11-7-22/h6-8,10-11,21,24,26H,9,12-20H2,1-5H3. The molecule has 2 fully saturated rings. The molecule has 0 radical (unpaired) electrons. The van der Waals surface area contributed by atoms with Crippen molar-refractivity contribution >= 4 is 11.8 Å². The Morgan fingerprint density at radius 2 is 1.80 bits per heavy atom. The van der Waals surface area contributed by atoms with Crippen molar-refractivity contribution in [3.8, 4) is 5.75 Å². The number of allylic oxidation sites excluding steroid dienone is 1. The molecule has 2 amide bonds. The molecule has 0 spiro atoms. The molecule has 2 unspecified atom stereocenters. The lowest BCUT2D eigenvalue weighted by molar-refractivity contribution is -0.134. The summed E-state index contributed by atoms with van der Waals surface area (Å²) in [5.41, 5.74) is 2.87. The largest absolute Gasteiger partial charge is 0.497 e. The second-order valence-electron chi connectivity index (χ2n) is 11.5. The molecule has 1 heterocycles. The number of benzene rings is 1. The number of hydrogen-bond donors (Lipinski definition) is 0. The van der Waals surface area contributed by atoms with Crippen LogP contribution in [0.15, 0.2) is 35.9 Å². The molecule has 1 aromatic rings. The predicted molar refractivity (Wildman–Crippen MR) is 139 cm³/mol. The monoisotopic (exact) mass is 481 g/mol. The first kappa shape index (κ1) is 25.7. The van der Waals surface area contributed by atoms with Gasteiger partial charge in [-0.3, -0.25) is 14.5 Å². The molecule has 6 nitrogen and oxygen atoms in total. The number of amides is 2. The smallest absolute Gasteiger partial charge is 0.227 e. The van der Waals surface area contributed by atoms with Crippen molar-refractivity contribution in [3.05, 3.63) is 41.5 Å². The molecule has 1 aliphatic heterocycles. The van der Waals surface area contributed by atoms with Crippen LogP contribution in [-0.4, -0.2) is 79.4 Å². The first-order chi connectivity index (χ1) is 16.7. The summed E-state index contributed by atoms with van der Waals surface area (Å²) in [5, 5.41) is 0. The van der Waals surface area contributed by atoms with E-state index in [1.807, 2.05) is 43.0 Å². The van der Waals surface area contributed by atoms with Gasteiger partial charge >= 0.3 is 0 Å². The highest BCUT2D eigenvalue weighted by Crippen LogP contribution is 2.59. The van der Waals surface area contributed by atoms with Gasteiger partial charge in [-0.25, -0.2) is 0 Å². The lowest BCUT2D eigenvalue weighted by Gasteiger charge is -2.57. The van der Waals surface area contributed by atoms with E-state index in [0.717, 1.165) is 69.5 Å². The Bertz CT molecular complexity index is 929. The Morgan fingerprint density at radius 3 is 2.37 bits per heavy atom. The number of nitrogens with zero attached hydrogens (tertiary/aromatic N) is 3. The third-order valence-corrected chi connectivity index (χ3v) is 8.69. The third kappa shape index (κ3) is 5.74. The van der Waals surface area contributed by atoms with Gasteiger partial charge in [-0.15, -0.1) is 0 Å². The minimum absolute atomic E-state index is 0.00811. The first-order valence-corrected chi connectivity index (χ1v) is 13.3. The van der Waals surface area contributed by atoms with Crippen LogP contribution in [-0.2, 0) is 16.0 Å². The molecule has 4 aliphatic rings. The highest BCUT2D eigenvalue weighted by atomic mass is 16.5. The van der Waals surface area contributed by atoms with Crippen molar-refractivity contribution in [2.24, 2.45) is 23.2 Å². The SMILES string of the molecule is COc1ccc(CC(=O)N2CCN(CCN(CC3=CCC4CC3C4(C)C)C(=O)C(C)C)CC2)cc1. The van der Waals surface area contributed by atoms with Crippen LogP contribution in [0.25, 0.3) is 0 Å². The van der Waals surface area contributed by atoms with Crippen LogP contribution in [0, 0.1) is 23.2 Å². The third-order valence-electron chi connectivity index (χ3n) is 8.69. The summed E-state index contributed by atoms with van der Waals surface area (Å²) < 4.78 is 5.20. The molecule has 2 bridgehead atoms. The van der Waals surface area contributed by atoms with Gasteiger partial charge in [0.2, 0.25) is 11.8 Å².